The average Bonchev–Trinajstić information content (AvgIpc) is 1.87. The Balaban J connectivity index is 0.842. The lowest BCUT2D eigenvalue weighted by Gasteiger charge is -2.31. The molecule has 4 atom stereocenters. The summed E-state index contributed by atoms with van der Waals surface area (Å²) in [5, 5.41) is 27.9. The number of halogens is 1. The molecule has 8 amide bonds. The number of pyridine rings is 2. The van der Waals surface area contributed by atoms with Gasteiger partial charge in [0.15, 0.2) is 5.60 Å². The number of benzene rings is 2. The summed E-state index contributed by atoms with van der Waals surface area (Å²) in [6.45, 7) is 6.89. The fourth-order valence-corrected chi connectivity index (χ4v) is 10.8. The SMILES string of the molecule is CC[C@@]1(O)C(=O)OCc2c1cc1n(c2=O)Cc2c-1nc1cc(F)c(C)c3c1c2[C@@H](NC(=O)CCCNC(=O)[C@H](Cc1ccccc1)NC(=O)CNC(=O)CNC(=O)[C@H](CC(=O)OC(C)(C)C)NC(=O)CCCCCN1C(=O)C=CC1=O)CC3. The lowest BCUT2D eigenvalue weighted by Crippen LogP contribution is -2.52. The molecule has 0 saturated carbocycles. The molecule has 4 aromatic rings. The molecule has 1 aliphatic carbocycles. The zero-order valence-electron chi connectivity index (χ0n) is 46.9. The van der Waals surface area contributed by atoms with Gasteiger partial charge in [-0.25, -0.2) is 14.2 Å². The third-order valence-corrected chi connectivity index (χ3v) is 15.0. The molecule has 8 rings (SSSR count). The van der Waals surface area contributed by atoms with Crippen LogP contribution in [0.5, 0.6) is 0 Å². The molecule has 0 saturated heterocycles. The Bertz CT molecular complexity index is 3370. The predicted octanol–water partition coefficient (Wildman–Crippen LogP) is 2.19. The standard InChI is InChI=1S/C59H68FN9O14/c1-6-59(81)37-25-43-53-35(30-69(43)56(79)36(37)31-82-57(59)80)52-39(19-18-34-32(2)38(60)26-40(67-53)51(34)52)64-45(71)17-13-22-61-54(77)41(24-33-14-9-7-10-15-33)66-47(73)29-62-46(72)28-63-55(78)42(27-50(76)83-58(3,4)5)65-44(70)16-11-8-12-23-68-48(74)20-21-49(68)75/h7,9-10,14-15,20-21,25-26,39,41-42,81H,6,8,11-13,16-19,22-24,27-31H2,1-5H3,(H,61,77)(H,62,72)(H,63,78)(H,64,71)(H,65,70)(H,66,73)/t39-,41-,42-,59-/m0/s1. The third-order valence-electron chi connectivity index (χ3n) is 15.0. The average molecular weight is 1150 g/mol. The number of rotatable bonds is 24. The molecule has 2 aromatic heterocycles. The number of aryl methyl sites for hydroxylation is 1. The molecule has 7 N–H and O–H groups in total. The number of ether oxygens (including phenoxy) is 2. The van der Waals surface area contributed by atoms with Crippen LogP contribution in [0.25, 0.3) is 22.3 Å². The van der Waals surface area contributed by atoms with Gasteiger partial charge in [0, 0.05) is 67.1 Å². The Kier molecular flexibility index (Phi) is 18.7. The molecular weight excluding hydrogens is 1080 g/mol. The number of hydrogen-bond donors (Lipinski definition) is 7. The van der Waals surface area contributed by atoms with E-state index in [1.807, 2.05) is 0 Å². The Labute approximate surface area is 476 Å². The second-order valence-electron chi connectivity index (χ2n) is 22.1. The Morgan fingerprint density at radius 1 is 0.831 bits per heavy atom. The Hall–Kier alpha value is -8.67. The molecule has 5 heterocycles. The zero-order valence-corrected chi connectivity index (χ0v) is 46.9. The molecule has 440 valence electrons. The van der Waals surface area contributed by atoms with Crippen molar-refractivity contribution in [3.8, 4) is 11.4 Å². The van der Waals surface area contributed by atoms with Crippen molar-refractivity contribution in [1.29, 1.82) is 0 Å². The van der Waals surface area contributed by atoms with Gasteiger partial charge in [0.1, 0.15) is 30.1 Å². The van der Waals surface area contributed by atoms with Gasteiger partial charge in [0.2, 0.25) is 35.4 Å². The second kappa shape index (κ2) is 25.6. The summed E-state index contributed by atoms with van der Waals surface area (Å²) < 4.78 is 27.5. The number of imide groups is 1. The minimum Gasteiger partial charge on any atom is -0.460 e. The molecule has 24 heteroatoms. The van der Waals surface area contributed by atoms with E-state index in [0.717, 1.165) is 10.5 Å². The number of nitrogens with one attached hydrogen (secondary N) is 6. The predicted molar refractivity (Wildman–Crippen MR) is 295 cm³/mol. The van der Waals surface area contributed by atoms with Crippen LogP contribution in [0, 0.1) is 12.7 Å². The number of aromatic nitrogens is 2. The summed E-state index contributed by atoms with van der Waals surface area (Å²) in [6.07, 6.45) is 4.02. The lowest BCUT2D eigenvalue weighted by atomic mass is 9.81. The van der Waals surface area contributed by atoms with Crippen LogP contribution >= 0.6 is 0 Å². The monoisotopic (exact) mass is 1150 g/mol. The van der Waals surface area contributed by atoms with Gasteiger partial charge in [0.25, 0.3) is 17.4 Å². The zero-order chi connectivity index (χ0) is 59.9. The minimum atomic E-state index is -2.06. The van der Waals surface area contributed by atoms with Gasteiger partial charge in [-0.2, -0.15) is 0 Å². The molecule has 3 aliphatic heterocycles. The first kappa shape index (κ1) is 60.4. The first-order valence-corrected chi connectivity index (χ1v) is 27.8. The van der Waals surface area contributed by atoms with Crippen molar-refractivity contribution >= 4 is 70.1 Å². The van der Waals surface area contributed by atoms with Crippen LogP contribution in [0.15, 0.2) is 59.4 Å². The molecule has 0 unspecified atom stereocenters. The van der Waals surface area contributed by atoms with Crippen LogP contribution in [0.2, 0.25) is 0 Å². The molecule has 83 heavy (non-hydrogen) atoms. The van der Waals surface area contributed by atoms with Gasteiger partial charge in [-0.1, -0.05) is 43.7 Å². The first-order chi connectivity index (χ1) is 39.5. The van der Waals surface area contributed by atoms with Crippen molar-refractivity contribution in [3.63, 3.8) is 0 Å². The number of unbranched alkanes of at least 4 members (excludes halogenated alkanes) is 2. The number of cyclic esters (lactones) is 1. The second-order valence-corrected chi connectivity index (χ2v) is 22.1. The van der Waals surface area contributed by atoms with Crippen molar-refractivity contribution in [2.24, 2.45) is 0 Å². The van der Waals surface area contributed by atoms with Crippen molar-refractivity contribution in [2.45, 2.75) is 148 Å². The van der Waals surface area contributed by atoms with E-state index in [9.17, 15) is 57.8 Å². The molecule has 2 aromatic carbocycles. The number of carbonyl (C=O) groups excluding carboxylic acids is 10. The minimum absolute atomic E-state index is 0.0297. The van der Waals surface area contributed by atoms with Crippen molar-refractivity contribution < 1.29 is 66.9 Å². The molecule has 0 fully saturated rings. The highest BCUT2D eigenvalue weighted by atomic mass is 19.1. The van der Waals surface area contributed by atoms with Crippen molar-refractivity contribution in [2.75, 3.05) is 26.2 Å². The fraction of sp³-hybridized carbons (Fsp3) is 0.458. The van der Waals surface area contributed by atoms with Gasteiger partial charge < -0.3 is 51.0 Å². The highest BCUT2D eigenvalue weighted by Gasteiger charge is 2.46. The Morgan fingerprint density at radius 3 is 2.23 bits per heavy atom. The third kappa shape index (κ3) is 14.0. The smallest absolute Gasteiger partial charge is 0.343 e. The molecule has 0 spiro atoms. The van der Waals surface area contributed by atoms with Gasteiger partial charge in [-0.3, -0.25) is 52.8 Å². The topological polar surface area (TPSA) is 320 Å². The largest absolute Gasteiger partial charge is 0.460 e. The van der Waals surface area contributed by atoms with E-state index in [2.05, 4.69) is 31.9 Å². The number of carbonyl (C=O) groups is 10. The van der Waals surface area contributed by atoms with E-state index in [4.69, 9.17) is 14.5 Å². The maximum absolute atomic E-state index is 15.5. The van der Waals surface area contributed by atoms with Crippen LogP contribution in [0.1, 0.15) is 130 Å². The van der Waals surface area contributed by atoms with E-state index in [0.29, 0.717) is 76.6 Å². The van der Waals surface area contributed by atoms with Gasteiger partial charge in [-0.05, 0) is 94.5 Å². The van der Waals surface area contributed by atoms with E-state index < -0.39 is 114 Å². The summed E-state index contributed by atoms with van der Waals surface area (Å²) in [5.41, 5.74) is 1.11. The van der Waals surface area contributed by atoms with E-state index in [1.165, 1.54) is 22.8 Å². The number of amides is 8. The number of fused-ring (bicyclic) bond motifs is 5. The summed E-state index contributed by atoms with van der Waals surface area (Å²) >= 11 is 0. The van der Waals surface area contributed by atoms with Crippen LogP contribution in [-0.4, -0.2) is 123 Å². The van der Waals surface area contributed by atoms with E-state index in [-0.39, 0.29) is 75.4 Å². The highest BCUT2D eigenvalue weighted by Crippen LogP contribution is 2.46. The number of esters is 2. The van der Waals surface area contributed by atoms with Crippen LogP contribution in [0.4, 0.5) is 4.39 Å². The molecule has 0 radical (unpaired) electrons. The van der Waals surface area contributed by atoms with Gasteiger partial charge in [0.05, 0.1) is 54.6 Å². The fourth-order valence-electron chi connectivity index (χ4n) is 10.8. The van der Waals surface area contributed by atoms with Crippen LogP contribution < -0.4 is 37.5 Å². The van der Waals surface area contributed by atoms with Crippen LogP contribution in [0.3, 0.4) is 0 Å². The maximum Gasteiger partial charge on any atom is 0.343 e. The van der Waals surface area contributed by atoms with Gasteiger partial charge in [-0.15, -0.1) is 0 Å². The van der Waals surface area contributed by atoms with E-state index >= 15 is 4.39 Å². The van der Waals surface area contributed by atoms with Crippen LogP contribution in [-0.2, 0) is 89.0 Å². The summed E-state index contributed by atoms with van der Waals surface area (Å²) in [7, 11) is 0. The Morgan fingerprint density at radius 2 is 1.52 bits per heavy atom. The van der Waals surface area contributed by atoms with Gasteiger partial charge >= 0.3 is 11.9 Å². The maximum atomic E-state index is 15.5. The molecule has 0 bridgehead atoms. The van der Waals surface area contributed by atoms with E-state index in [1.54, 1.807) is 71.0 Å². The quantitative estimate of drug-likeness (QED) is 0.0265. The summed E-state index contributed by atoms with van der Waals surface area (Å²) in [4.78, 5) is 149. The number of nitrogens with zero attached hydrogens (tertiary/aromatic N) is 3. The summed E-state index contributed by atoms with van der Waals surface area (Å²) in [6, 6.07) is 8.63. The molecule has 23 nitrogen and oxygen atoms in total. The normalized spacial score (nSPS) is 17.4. The van der Waals surface area contributed by atoms with Crippen molar-refractivity contribution in [1.82, 2.24) is 46.4 Å². The van der Waals surface area contributed by atoms with Crippen molar-refractivity contribution in [3.05, 3.63) is 110 Å². The first-order valence-electron chi connectivity index (χ1n) is 27.8. The number of aliphatic hydroxyl groups is 1. The molecular formula is C59H68FN9O14. The lowest BCUT2D eigenvalue weighted by molar-refractivity contribution is -0.172. The highest BCUT2D eigenvalue weighted by molar-refractivity contribution is 6.12. The summed E-state index contributed by atoms with van der Waals surface area (Å²) in [5.74, 6) is -6.85. The molecule has 4 aliphatic rings. The number of hydrogen-bond acceptors (Lipinski definition) is 15.